The lowest BCUT2D eigenvalue weighted by atomic mass is 10.3. The third kappa shape index (κ3) is 4.07. The van der Waals surface area contributed by atoms with Gasteiger partial charge in [-0.15, -0.1) is 11.3 Å². The number of rotatable bonds is 6. The summed E-state index contributed by atoms with van der Waals surface area (Å²) in [5.41, 5.74) is 0.921. The van der Waals surface area contributed by atoms with Gasteiger partial charge in [-0.1, -0.05) is 6.92 Å². The number of sulfone groups is 1. The second kappa shape index (κ2) is 6.74. The summed E-state index contributed by atoms with van der Waals surface area (Å²) in [6.45, 7) is 2.60. The summed E-state index contributed by atoms with van der Waals surface area (Å²) in [6.07, 6.45) is 0.635. The molecule has 0 aliphatic carbocycles. The van der Waals surface area contributed by atoms with Crippen LogP contribution in [0, 0.1) is 0 Å². The first-order valence-corrected chi connectivity index (χ1v) is 9.63. The smallest absolute Gasteiger partial charge is 0.178 e. The third-order valence-corrected chi connectivity index (χ3v) is 6.41. The van der Waals surface area contributed by atoms with Gasteiger partial charge in [-0.25, -0.2) is 8.42 Å². The first-order valence-electron chi connectivity index (χ1n) is 6.31. The molecular weight excluding hydrogens is 358 g/mol. The van der Waals surface area contributed by atoms with Crippen LogP contribution in [0.3, 0.4) is 0 Å². The van der Waals surface area contributed by atoms with Crippen molar-refractivity contribution in [1.29, 1.82) is 0 Å². The summed E-state index contributed by atoms with van der Waals surface area (Å²) in [5.74, 6) is 0.197. The Morgan fingerprint density at radius 3 is 2.50 bits per heavy atom. The van der Waals surface area contributed by atoms with Crippen LogP contribution < -0.4 is 5.32 Å². The maximum Gasteiger partial charge on any atom is 0.178 e. The number of benzene rings is 1. The molecule has 0 aliphatic rings. The molecular formula is C14H16BrNO2S2. The molecule has 1 aromatic heterocycles. The highest BCUT2D eigenvalue weighted by Crippen LogP contribution is 2.21. The third-order valence-electron chi connectivity index (χ3n) is 2.77. The molecule has 108 valence electrons. The molecule has 0 unspecified atom stereocenters. The number of anilines is 1. The molecule has 1 aromatic carbocycles. The summed E-state index contributed by atoms with van der Waals surface area (Å²) in [6, 6.07) is 9.02. The second-order valence-corrected chi connectivity index (χ2v) is 8.45. The molecule has 1 heterocycles. The van der Waals surface area contributed by atoms with Crippen molar-refractivity contribution in [3.8, 4) is 0 Å². The van der Waals surface area contributed by atoms with Gasteiger partial charge in [-0.3, -0.25) is 0 Å². The minimum atomic E-state index is -3.12. The normalized spacial score (nSPS) is 11.5. The predicted molar refractivity (Wildman–Crippen MR) is 88.1 cm³/mol. The van der Waals surface area contributed by atoms with Gasteiger partial charge in [0.1, 0.15) is 0 Å². The van der Waals surface area contributed by atoms with Crippen LogP contribution in [-0.4, -0.2) is 14.2 Å². The molecule has 2 aromatic rings. The Hall–Kier alpha value is -0.850. The zero-order valence-corrected chi connectivity index (χ0v) is 14.3. The highest BCUT2D eigenvalue weighted by atomic mass is 79.9. The Labute approximate surface area is 132 Å². The number of nitrogens with one attached hydrogen (secondary N) is 1. The van der Waals surface area contributed by atoms with Gasteiger partial charge >= 0.3 is 0 Å². The summed E-state index contributed by atoms with van der Waals surface area (Å²) in [7, 11) is -3.12. The molecule has 0 radical (unpaired) electrons. The lowest BCUT2D eigenvalue weighted by Gasteiger charge is -2.07. The van der Waals surface area contributed by atoms with E-state index in [4.69, 9.17) is 0 Å². The van der Waals surface area contributed by atoms with Gasteiger partial charge < -0.3 is 5.32 Å². The number of halogens is 1. The molecule has 0 atom stereocenters. The fraction of sp³-hybridized carbons (Fsp3) is 0.286. The Balaban J connectivity index is 2.01. The highest BCUT2D eigenvalue weighted by molar-refractivity contribution is 9.10. The average molecular weight is 374 g/mol. The van der Waals surface area contributed by atoms with E-state index in [-0.39, 0.29) is 5.75 Å². The van der Waals surface area contributed by atoms with Gasteiger partial charge in [-0.2, -0.15) is 0 Å². The Morgan fingerprint density at radius 1 is 1.25 bits per heavy atom. The molecule has 0 bridgehead atoms. The molecule has 0 fully saturated rings. The molecule has 6 heteroatoms. The molecule has 0 spiro atoms. The molecule has 20 heavy (non-hydrogen) atoms. The summed E-state index contributed by atoms with van der Waals surface area (Å²) in [4.78, 5) is 1.61. The van der Waals surface area contributed by atoms with Crippen LogP contribution >= 0.6 is 27.3 Å². The van der Waals surface area contributed by atoms with Crippen molar-refractivity contribution in [3.05, 3.63) is 45.1 Å². The number of thiophene rings is 1. The molecule has 0 amide bonds. The molecule has 0 aliphatic heterocycles. The SMILES string of the molecule is CCCS(=O)(=O)c1ccc(NCc2cc(Br)cs2)cc1. The van der Waals surface area contributed by atoms with Gasteiger partial charge in [0.05, 0.1) is 10.6 Å². The monoisotopic (exact) mass is 373 g/mol. The van der Waals surface area contributed by atoms with E-state index in [2.05, 4.69) is 27.3 Å². The van der Waals surface area contributed by atoms with E-state index in [1.165, 1.54) is 4.88 Å². The number of hydrogen-bond acceptors (Lipinski definition) is 4. The van der Waals surface area contributed by atoms with Gasteiger partial charge in [0.2, 0.25) is 0 Å². The van der Waals surface area contributed by atoms with Crippen LogP contribution in [0.4, 0.5) is 5.69 Å². The lowest BCUT2D eigenvalue weighted by Crippen LogP contribution is -2.06. The maximum atomic E-state index is 11.9. The van der Waals surface area contributed by atoms with Crippen molar-refractivity contribution in [2.24, 2.45) is 0 Å². The summed E-state index contributed by atoms with van der Waals surface area (Å²) < 4.78 is 24.9. The van der Waals surface area contributed by atoms with E-state index in [0.717, 1.165) is 16.7 Å². The van der Waals surface area contributed by atoms with E-state index in [9.17, 15) is 8.42 Å². The second-order valence-electron chi connectivity index (χ2n) is 4.43. The van der Waals surface area contributed by atoms with Crippen LogP contribution in [0.5, 0.6) is 0 Å². The standard InChI is InChI=1S/C14H16BrNO2S2/c1-2-7-20(17,18)14-5-3-12(4-6-14)16-9-13-8-11(15)10-19-13/h3-6,8,10,16H,2,7,9H2,1H3. The first-order chi connectivity index (χ1) is 9.51. The van der Waals surface area contributed by atoms with E-state index < -0.39 is 9.84 Å². The Kier molecular flexibility index (Phi) is 5.23. The predicted octanol–water partition coefficient (Wildman–Crippen LogP) is 4.31. The Bertz CT molecular complexity index is 663. The van der Waals surface area contributed by atoms with Crippen molar-refractivity contribution in [2.45, 2.75) is 24.8 Å². The fourth-order valence-electron chi connectivity index (χ4n) is 1.80. The van der Waals surface area contributed by atoms with Gasteiger partial charge in [0, 0.05) is 27.0 Å². The van der Waals surface area contributed by atoms with Crippen molar-refractivity contribution < 1.29 is 8.42 Å². The van der Waals surface area contributed by atoms with Crippen LogP contribution in [0.15, 0.2) is 45.1 Å². The zero-order chi connectivity index (χ0) is 14.6. The van der Waals surface area contributed by atoms with Gasteiger partial charge in [-0.05, 0) is 52.7 Å². The quantitative estimate of drug-likeness (QED) is 0.820. The lowest BCUT2D eigenvalue weighted by molar-refractivity contribution is 0.595. The maximum absolute atomic E-state index is 11.9. The van der Waals surface area contributed by atoms with Crippen LogP contribution in [-0.2, 0) is 16.4 Å². The number of hydrogen-bond donors (Lipinski definition) is 1. The van der Waals surface area contributed by atoms with Crippen molar-refractivity contribution in [2.75, 3.05) is 11.1 Å². The van der Waals surface area contributed by atoms with E-state index in [1.54, 1.807) is 23.5 Å². The fourth-order valence-corrected chi connectivity index (χ4v) is 4.52. The molecule has 0 saturated carbocycles. The van der Waals surface area contributed by atoms with Gasteiger partial charge in [0.15, 0.2) is 9.84 Å². The Morgan fingerprint density at radius 2 is 1.95 bits per heavy atom. The first kappa shape index (κ1) is 15.5. The van der Waals surface area contributed by atoms with Crippen LogP contribution in [0.25, 0.3) is 0 Å². The van der Waals surface area contributed by atoms with Crippen molar-refractivity contribution in [1.82, 2.24) is 0 Å². The largest absolute Gasteiger partial charge is 0.380 e. The summed E-state index contributed by atoms with van der Waals surface area (Å²) in [5, 5.41) is 5.32. The van der Waals surface area contributed by atoms with E-state index >= 15 is 0 Å². The molecule has 3 nitrogen and oxygen atoms in total. The average Bonchev–Trinajstić information content (AvgIpc) is 2.83. The van der Waals surface area contributed by atoms with Gasteiger partial charge in [0.25, 0.3) is 0 Å². The molecule has 0 saturated heterocycles. The minimum Gasteiger partial charge on any atom is -0.380 e. The highest BCUT2D eigenvalue weighted by Gasteiger charge is 2.12. The van der Waals surface area contributed by atoms with E-state index in [1.807, 2.05) is 24.4 Å². The van der Waals surface area contributed by atoms with Crippen LogP contribution in [0.2, 0.25) is 0 Å². The zero-order valence-electron chi connectivity index (χ0n) is 11.1. The summed E-state index contributed by atoms with van der Waals surface area (Å²) >= 11 is 5.10. The van der Waals surface area contributed by atoms with E-state index in [0.29, 0.717) is 11.3 Å². The minimum absolute atomic E-state index is 0.197. The van der Waals surface area contributed by atoms with Crippen molar-refractivity contribution in [3.63, 3.8) is 0 Å². The topological polar surface area (TPSA) is 46.2 Å². The molecule has 1 N–H and O–H groups in total. The van der Waals surface area contributed by atoms with Crippen LogP contribution in [0.1, 0.15) is 18.2 Å². The molecule has 2 rings (SSSR count). The van der Waals surface area contributed by atoms with Crippen molar-refractivity contribution >= 4 is 42.8 Å².